The number of nitrogens with one attached hydrogen (secondary N) is 1. The molecule has 0 aliphatic heterocycles. The minimum Gasteiger partial charge on any atom is -0.495 e. The van der Waals surface area contributed by atoms with Gasteiger partial charge in [-0.3, -0.25) is 9.35 Å². The lowest BCUT2D eigenvalue weighted by atomic mass is 10.2. The van der Waals surface area contributed by atoms with Crippen molar-refractivity contribution in [2.75, 3.05) is 12.4 Å². The molecule has 0 aliphatic carbocycles. The highest BCUT2D eigenvalue weighted by molar-refractivity contribution is 7.85. The van der Waals surface area contributed by atoms with Crippen LogP contribution in [-0.4, -0.2) is 26.0 Å². The van der Waals surface area contributed by atoms with Gasteiger partial charge in [-0.15, -0.1) is 0 Å². The summed E-state index contributed by atoms with van der Waals surface area (Å²) in [6, 6.07) is 12.2. The van der Waals surface area contributed by atoms with Crippen molar-refractivity contribution in [1.82, 2.24) is 0 Å². The maximum atomic E-state index is 12.0. The molecule has 2 aromatic rings. The van der Waals surface area contributed by atoms with Crippen molar-refractivity contribution in [2.24, 2.45) is 0 Å². The van der Waals surface area contributed by atoms with Gasteiger partial charge in [-0.2, -0.15) is 8.42 Å². The van der Waals surface area contributed by atoms with Crippen molar-refractivity contribution < 1.29 is 22.5 Å². The summed E-state index contributed by atoms with van der Waals surface area (Å²) >= 11 is 0. The number of ether oxygens (including phenoxy) is 1. The first-order valence-corrected chi connectivity index (χ1v) is 7.38. The van der Waals surface area contributed by atoms with Crippen molar-refractivity contribution in [3.63, 3.8) is 0 Å². The summed E-state index contributed by atoms with van der Waals surface area (Å²) in [5.41, 5.74) is 0.761. The van der Waals surface area contributed by atoms with E-state index in [2.05, 4.69) is 5.32 Å². The summed E-state index contributed by atoms with van der Waals surface area (Å²) < 4.78 is 36.2. The van der Waals surface area contributed by atoms with Gasteiger partial charge in [0.2, 0.25) is 0 Å². The SMILES string of the molecule is COc1cc(S(=O)(=O)O)ccc1NC(=O)c1ccccc1. The fourth-order valence-electron chi connectivity index (χ4n) is 1.72. The van der Waals surface area contributed by atoms with Crippen molar-refractivity contribution in [2.45, 2.75) is 4.90 Å². The Bertz CT molecular complexity index is 756. The zero-order valence-corrected chi connectivity index (χ0v) is 11.9. The van der Waals surface area contributed by atoms with E-state index in [1.807, 2.05) is 0 Å². The van der Waals surface area contributed by atoms with Crippen LogP contribution in [0.4, 0.5) is 5.69 Å². The molecule has 0 unspecified atom stereocenters. The molecular formula is C14H13NO5S. The van der Waals surface area contributed by atoms with Crippen molar-refractivity contribution in [3.8, 4) is 5.75 Å². The van der Waals surface area contributed by atoms with Gasteiger partial charge in [0.1, 0.15) is 5.75 Å². The lowest BCUT2D eigenvalue weighted by molar-refractivity contribution is 0.102. The number of benzene rings is 2. The summed E-state index contributed by atoms with van der Waals surface area (Å²) in [5.74, 6) is -0.220. The third-order valence-corrected chi connectivity index (χ3v) is 3.60. The second-order valence-electron chi connectivity index (χ2n) is 4.16. The van der Waals surface area contributed by atoms with E-state index in [1.165, 1.54) is 19.2 Å². The van der Waals surface area contributed by atoms with Gasteiger partial charge >= 0.3 is 0 Å². The number of hydrogen-bond donors (Lipinski definition) is 2. The highest BCUT2D eigenvalue weighted by atomic mass is 32.2. The maximum absolute atomic E-state index is 12.0. The molecule has 0 aliphatic rings. The van der Waals surface area contributed by atoms with Crippen LogP contribution >= 0.6 is 0 Å². The highest BCUT2D eigenvalue weighted by Gasteiger charge is 2.15. The van der Waals surface area contributed by atoms with E-state index in [-0.39, 0.29) is 16.6 Å². The topological polar surface area (TPSA) is 92.7 Å². The molecule has 0 saturated carbocycles. The molecule has 0 bridgehead atoms. The van der Waals surface area contributed by atoms with Gasteiger partial charge < -0.3 is 10.1 Å². The molecular weight excluding hydrogens is 294 g/mol. The second kappa shape index (κ2) is 5.94. The highest BCUT2D eigenvalue weighted by Crippen LogP contribution is 2.27. The molecule has 0 aromatic heterocycles. The standard InChI is InChI=1S/C14H13NO5S/c1-20-13-9-11(21(17,18)19)7-8-12(13)15-14(16)10-5-3-2-4-6-10/h2-9H,1H3,(H,15,16)(H,17,18,19). The number of hydrogen-bond acceptors (Lipinski definition) is 4. The van der Waals surface area contributed by atoms with E-state index in [0.29, 0.717) is 11.3 Å². The quantitative estimate of drug-likeness (QED) is 0.845. The first kappa shape index (κ1) is 15.0. The second-order valence-corrected chi connectivity index (χ2v) is 5.58. The Hall–Kier alpha value is -2.38. The van der Waals surface area contributed by atoms with Crippen molar-refractivity contribution in [3.05, 3.63) is 54.1 Å². The number of rotatable bonds is 4. The van der Waals surface area contributed by atoms with E-state index in [0.717, 1.165) is 6.07 Å². The Labute approximate surface area is 122 Å². The van der Waals surface area contributed by atoms with E-state index in [4.69, 9.17) is 9.29 Å². The van der Waals surface area contributed by atoms with Gasteiger partial charge in [0, 0.05) is 11.6 Å². The Morgan fingerprint density at radius 2 is 1.81 bits per heavy atom. The monoisotopic (exact) mass is 307 g/mol. The van der Waals surface area contributed by atoms with Gasteiger partial charge in [-0.1, -0.05) is 18.2 Å². The molecule has 1 amide bonds. The van der Waals surface area contributed by atoms with E-state index in [1.54, 1.807) is 30.3 Å². The zero-order valence-electron chi connectivity index (χ0n) is 11.1. The molecule has 110 valence electrons. The van der Waals surface area contributed by atoms with Crippen LogP contribution in [0.3, 0.4) is 0 Å². The molecule has 2 aromatic carbocycles. The number of anilines is 1. The predicted molar refractivity (Wildman–Crippen MR) is 77.2 cm³/mol. The summed E-state index contributed by atoms with van der Waals surface area (Å²) in [6.45, 7) is 0. The predicted octanol–water partition coefficient (Wildman–Crippen LogP) is 2.19. The summed E-state index contributed by atoms with van der Waals surface area (Å²) in [6.07, 6.45) is 0. The van der Waals surface area contributed by atoms with Crippen LogP contribution in [0.5, 0.6) is 5.75 Å². The lowest BCUT2D eigenvalue weighted by Crippen LogP contribution is -2.12. The average molecular weight is 307 g/mol. The van der Waals surface area contributed by atoms with Crippen LogP contribution in [0.25, 0.3) is 0 Å². The minimum atomic E-state index is -4.33. The summed E-state index contributed by atoms with van der Waals surface area (Å²) in [5, 5.41) is 2.62. The van der Waals surface area contributed by atoms with Gasteiger partial charge in [-0.05, 0) is 24.3 Å². The van der Waals surface area contributed by atoms with Crippen molar-refractivity contribution >= 4 is 21.7 Å². The Balaban J connectivity index is 2.31. The molecule has 21 heavy (non-hydrogen) atoms. The average Bonchev–Trinajstić information content (AvgIpc) is 2.47. The number of amides is 1. The normalized spacial score (nSPS) is 11.0. The summed E-state index contributed by atoms with van der Waals surface area (Å²) in [7, 11) is -2.99. The van der Waals surface area contributed by atoms with Crippen LogP contribution in [0.1, 0.15) is 10.4 Å². The number of carbonyl (C=O) groups is 1. The zero-order chi connectivity index (χ0) is 15.5. The van der Waals surface area contributed by atoms with Crippen LogP contribution in [0, 0.1) is 0 Å². The van der Waals surface area contributed by atoms with Gasteiger partial charge in [0.15, 0.2) is 0 Å². The van der Waals surface area contributed by atoms with E-state index < -0.39 is 10.1 Å². The molecule has 0 atom stereocenters. The Kier molecular flexibility index (Phi) is 4.25. The first-order chi connectivity index (χ1) is 9.91. The Morgan fingerprint density at radius 1 is 1.14 bits per heavy atom. The van der Waals surface area contributed by atoms with Crippen molar-refractivity contribution in [1.29, 1.82) is 0 Å². The molecule has 6 nitrogen and oxygen atoms in total. The van der Waals surface area contributed by atoms with Crippen LogP contribution < -0.4 is 10.1 Å². The summed E-state index contributed by atoms with van der Waals surface area (Å²) in [4.78, 5) is 11.7. The van der Waals surface area contributed by atoms with Crippen LogP contribution in [0.2, 0.25) is 0 Å². The fraction of sp³-hybridized carbons (Fsp3) is 0.0714. The van der Waals surface area contributed by atoms with Gasteiger partial charge in [-0.25, -0.2) is 0 Å². The lowest BCUT2D eigenvalue weighted by Gasteiger charge is -2.11. The van der Waals surface area contributed by atoms with Crippen LogP contribution in [-0.2, 0) is 10.1 Å². The Morgan fingerprint density at radius 3 is 2.38 bits per heavy atom. The van der Waals surface area contributed by atoms with E-state index >= 15 is 0 Å². The smallest absolute Gasteiger partial charge is 0.294 e. The molecule has 0 spiro atoms. The molecule has 2 N–H and O–H groups in total. The minimum absolute atomic E-state index is 0.134. The molecule has 0 fully saturated rings. The van der Waals surface area contributed by atoms with Gasteiger partial charge in [0.05, 0.1) is 17.7 Å². The van der Waals surface area contributed by atoms with Crippen LogP contribution in [0.15, 0.2) is 53.4 Å². The number of carbonyl (C=O) groups excluding carboxylic acids is 1. The first-order valence-electron chi connectivity index (χ1n) is 5.94. The van der Waals surface area contributed by atoms with E-state index in [9.17, 15) is 13.2 Å². The molecule has 0 radical (unpaired) electrons. The molecule has 7 heteroatoms. The fourth-order valence-corrected chi connectivity index (χ4v) is 2.22. The molecule has 0 heterocycles. The third kappa shape index (κ3) is 3.59. The maximum Gasteiger partial charge on any atom is 0.294 e. The largest absolute Gasteiger partial charge is 0.495 e. The van der Waals surface area contributed by atoms with Gasteiger partial charge in [0.25, 0.3) is 16.0 Å². The molecule has 2 rings (SSSR count). The molecule has 0 saturated heterocycles. The number of methoxy groups -OCH3 is 1. The third-order valence-electron chi connectivity index (χ3n) is 2.76.